The van der Waals surface area contributed by atoms with Gasteiger partial charge in [0.1, 0.15) is 12.7 Å². The van der Waals surface area contributed by atoms with E-state index in [-0.39, 0.29) is 12.3 Å². The standard InChI is InChI=1S/C17H15N7O2S/c25-15(5-6-16-22-17(23-26-16)13-2-1-7-27-13)20-9-12-3-4-14(19-8-12)24-11-18-10-21-24/h1-4,7-8,10-11H,5-6,9H2,(H,20,25). The van der Waals surface area contributed by atoms with Gasteiger partial charge in [-0.1, -0.05) is 17.3 Å². The van der Waals surface area contributed by atoms with Gasteiger partial charge in [-0.2, -0.15) is 10.1 Å². The van der Waals surface area contributed by atoms with E-state index in [0.29, 0.717) is 30.5 Å². The largest absolute Gasteiger partial charge is 0.352 e. The van der Waals surface area contributed by atoms with E-state index in [2.05, 4.69) is 30.5 Å². The van der Waals surface area contributed by atoms with E-state index >= 15 is 0 Å². The molecule has 0 fully saturated rings. The van der Waals surface area contributed by atoms with Crippen LogP contribution in [0.3, 0.4) is 0 Å². The molecule has 10 heteroatoms. The lowest BCUT2D eigenvalue weighted by molar-refractivity contribution is -0.121. The smallest absolute Gasteiger partial charge is 0.227 e. The van der Waals surface area contributed by atoms with Crippen molar-refractivity contribution in [3.05, 3.63) is 60.0 Å². The minimum atomic E-state index is -0.0915. The Morgan fingerprint density at radius 3 is 3.00 bits per heavy atom. The Kier molecular flexibility index (Phi) is 4.97. The van der Waals surface area contributed by atoms with Crippen molar-refractivity contribution in [3.8, 4) is 16.5 Å². The van der Waals surface area contributed by atoms with Gasteiger partial charge in [-0.15, -0.1) is 11.3 Å². The molecule has 0 aliphatic carbocycles. The van der Waals surface area contributed by atoms with Gasteiger partial charge in [0.15, 0.2) is 5.82 Å². The van der Waals surface area contributed by atoms with Crippen molar-refractivity contribution in [1.29, 1.82) is 0 Å². The van der Waals surface area contributed by atoms with Crippen molar-refractivity contribution in [3.63, 3.8) is 0 Å². The highest BCUT2D eigenvalue weighted by Gasteiger charge is 2.11. The summed E-state index contributed by atoms with van der Waals surface area (Å²) in [6.45, 7) is 0.397. The van der Waals surface area contributed by atoms with Crippen molar-refractivity contribution in [2.24, 2.45) is 0 Å². The molecule has 0 saturated carbocycles. The van der Waals surface area contributed by atoms with Crippen molar-refractivity contribution in [2.45, 2.75) is 19.4 Å². The fraction of sp³-hybridized carbons (Fsp3) is 0.176. The normalized spacial score (nSPS) is 10.8. The summed E-state index contributed by atoms with van der Waals surface area (Å²) in [5, 5.41) is 12.8. The number of carbonyl (C=O) groups excluding carboxylic acids is 1. The van der Waals surface area contributed by atoms with Crippen molar-refractivity contribution < 1.29 is 9.32 Å². The average molecular weight is 381 g/mol. The molecule has 0 aromatic carbocycles. The molecule has 4 aromatic rings. The van der Waals surface area contributed by atoms with Gasteiger partial charge in [0.05, 0.1) is 4.88 Å². The Bertz CT molecular complexity index is 995. The Morgan fingerprint density at radius 1 is 1.30 bits per heavy atom. The van der Waals surface area contributed by atoms with E-state index in [4.69, 9.17) is 4.52 Å². The first-order chi connectivity index (χ1) is 13.3. The van der Waals surface area contributed by atoms with E-state index in [1.54, 1.807) is 28.5 Å². The van der Waals surface area contributed by atoms with Gasteiger partial charge in [-0.05, 0) is 23.1 Å². The number of aromatic nitrogens is 6. The summed E-state index contributed by atoms with van der Waals surface area (Å²) in [6.07, 6.45) is 5.39. The maximum absolute atomic E-state index is 12.0. The summed E-state index contributed by atoms with van der Waals surface area (Å²) in [7, 11) is 0. The van der Waals surface area contributed by atoms with E-state index in [1.807, 2.05) is 29.6 Å². The van der Waals surface area contributed by atoms with Crippen molar-refractivity contribution in [2.75, 3.05) is 0 Å². The molecule has 0 atom stereocenters. The third kappa shape index (κ3) is 4.23. The first kappa shape index (κ1) is 17.0. The predicted octanol–water partition coefficient (Wildman–Crippen LogP) is 2.02. The number of pyridine rings is 1. The monoisotopic (exact) mass is 381 g/mol. The van der Waals surface area contributed by atoms with Crippen LogP contribution in [-0.4, -0.2) is 35.8 Å². The number of carbonyl (C=O) groups is 1. The van der Waals surface area contributed by atoms with Crippen LogP contribution >= 0.6 is 11.3 Å². The number of amides is 1. The molecule has 1 amide bonds. The first-order valence-electron chi connectivity index (χ1n) is 8.21. The Hall–Kier alpha value is -3.40. The van der Waals surface area contributed by atoms with E-state index in [0.717, 1.165) is 10.4 Å². The highest BCUT2D eigenvalue weighted by Crippen LogP contribution is 2.21. The van der Waals surface area contributed by atoms with Crippen LogP contribution in [-0.2, 0) is 17.8 Å². The molecule has 0 aliphatic rings. The molecule has 136 valence electrons. The minimum Gasteiger partial charge on any atom is -0.352 e. The Labute approximate surface area is 158 Å². The summed E-state index contributed by atoms with van der Waals surface area (Å²) in [6, 6.07) is 7.56. The third-order valence-electron chi connectivity index (χ3n) is 3.73. The molecule has 0 saturated heterocycles. The van der Waals surface area contributed by atoms with Gasteiger partial charge in [0.25, 0.3) is 0 Å². The summed E-state index contributed by atoms with van der Waals surface area (Å²) in [4.78, 5) is 25.5. The van der Waals surface area contributed by atoms with Gasteiger partial charge >= 0.3 is 0 Å². The zero-order valence-electron chi connectivity index (χ0n) is 14.1. The minimum absolute atomic E-state index is 0.0915. The number of aryl methyl sites for hydroxylation is 1. The average Bonchev–Trinajstić information content (AvgIpc) is 3.47. The van der Waals surface area contributed by atoms with Crippen molar-refractivity contribution in [1.82, 2.24) is 35.2 Å². The molecule has 4 heterocycles. The van der Waals surface area contributed by atoms with Crippen LogP contribution in [0.5, 0.6) is 0 Å². The number of nitrogens with one attached hydrogen (secondary N) is 1. The van der Waals surface area contributed by atoms with Gasteiger partial charge in [-0.3, -0.25) is 4.79 Å². The van der Waals surface area contributed by atoms with Crippen LogP contribution in [0, 0.1) is 0 Å². The van der Waals surface area contributed by atoms with Crippen molar-refractivity contribution >= 4 is 17.2 Å². The second kappa shape index (κ2) is 7.87. The van der Waals surface area contributed by atoms with E-state index < -0.39 is 0 Å². The zero-order valence-corrected chi connectivity index (χ0v) is 15.0. The third-order valence-corrected chi connectivity index (χ3v) is 4.59. The quantitative estimate of drug-likeness (QED) is 0.521. The van der Waals surface area contributed by atoms with Gasteiger partial charge in [0.2, 0.25) is 17.6 Å². The summed E-state index contributed by atoms with van der Waals surface area (Å²) >= 11 is 1.54. The SMILES string of the molecule is O=C(CCc1nc(-c2cccs2)no1)NCc1ccc(-n2cncn2)nc1. The van der Waals surface area contributed by atoms with Gasteiger partial charge in [-0.25, -0.2) is 14.6 Å². The molecule has 0 unspecified atom stereocenters. The maximum Gasteiger partial charge on any atom is 0.227 e. The molecule has 0 bridgehead atoms. The van der Waals surface area contributed by atoms with Crippen LogP contribution in [0.15, 0.2) is 53.0 Å². The van der Waals surface area contributed by atoms with Crippen LogP contribution in [0.4, 0.5) is 0 Å². The van der Waals surface area contributed by atoms with Crippen LogP contribution in [0.2, 0.25) is 0 Å². The molecule has 4 rings (SSSR count). The Morgan fingerprint density at radius 2 is 2.26 bits per heavy atom. The van der Waals surface area contributed by atoms with Crippen LogP contribution in [0.1, 0.15) is 17.9 Å². The number of hydrogen-bond donors (Lipinski definition) is 1. The zero-order chi connectivity index (χ0) is 18.5. The maximum atomic E-state index is 12.0. The molecule has 0 radical (unpaired) electrons. The Balaban J connectivity index is 1.25. The topological polar surface area (TPSA) is 112 Å². The lowest BCUT2D eigenvalue weighted by atomic mass is 10.2. The first-order valence-corrected chi connectivity index (χ1v) is 9.09. The number of thiophene rings is 1. The molecule has 1 N–H and O–H groups in total. The molecule has 9 nitrogen and oxygen atoms in total. The van der Waals surface area contributed by atoms with E-state index in [9.17, 15) is 4.79 Å². The highest BCUT2D eigenvalue weighted by atomic mass is 32.1. The molecule has 0 spiro atoms. The van der Waals surface area contributed by atoms with E-state index in [1.165, 1.54) is 6.33 Å². The molecular weight excluding hydrogens is 366 g/mol. The fourth-order valence-corrected chi connectivity index (χ4v) is 3.00. The molecule has 0 aliphatic heterocycles. The van der Waals surface area contributed by atoms with Crippen LogP contribution in [0.25, 0.3) is 16.5 Å². The summed E-state index contributed by atoms with van der Waals surface area (Å²) < 4.78 is 6.76. The number of nitrogens with zero attached hydrogens (tertiary/aromatic N) is 6. The summed E-state index contributed by atoms with van der Waals surface area (Å²) in [5.74, 6) is 1.58. The van der Waals surface area contributed by atoms with Gasteiger partial charge in [0, 0.05) is 25.6 Å². The lowest BCUT2D eigenvalue weighted by Crippen LogP contribution is -2.23. The highest BCUT2D eigenvalue weighted by molar-refractivity contribution is 7.13. The number of rotatable bonds is 7. The molecule has 4 aromatic heterocycles. The summed E-state index contributed by atoms with van der Waals surface area (Å²) in [5.41, 5.74) is 0.894. The molecular formula is C17H15N7O2S. The second-order valence-corrected chi connectivity index (χ2v) is 6.58. The lowest BCUT2D eigenvalue weighted by Gasteiger charge is -2.05. The van der Waals surface area contributed by atoms with Gasteiger partial charge < -0.3 is 9.84 Å². The predicted molar refractivity (Wildman–Crippen MR) is 96.9 cm³/mol. The van der Waals surface area contributed by atoms with Crippen LogP contribution < -0.4 is 5.32 Å². The second-order valence-electron chi connectivity index (χ2n) is 5.63. The molecule has 27 heavy (non-hydrogen) atoms. The fourth-order valence-electron chi connectivity index (χ4n) is 2.36. The number of hydrogen-bond acceptors (Lipinski definition) is 8.